The molecule has 0 amide bonds. The van der Waals surface area contributed by atoms with Crippen LogP contribution >= 0.6 is 0 Å². The summed E-state index contributed by atoms with van der Waals surface area (Å²) in [5.41, 5.74) is 1.12. The fourth-order valence-corrected chi connectivity index (χ4v) is 1.81. The Hall–Kier alpha value is -1.30. The van der Waals surface area contributed by atoms with Crippen LogP contribution in [0.15, 0.2) is 11.3 Å². The number of Topliss-reactive ketones (excluding diaryl/α,β-unsaturated/α-hetero) is 1. The molecule has 0 aliphatic heterocycles. The molecule has 0 unspecified atom stereocenters. The topological polar surface area (TPSA) is 52.9 Å². The zero-order valence-corrected chi connectivity index (χ0v) is 8.98. The van der Waals surface area contributed by atoms with Crippen molar-refractivity contribution in [3.05, 3.63) is 11.3 Å². The molecule has 0 aromatic carbocycles. The quantitative estimate of drug-likeness (QED) is 0.725. The summed E-state index contributed by atoms with van der Waals surface area (Å²) in [6.07, 6.45) is 1.26. The average Bonchev–Trinajstić information content (AvgIpc) is 2.02. The van der Waals surface area contributed by atoms with E-state index in [1.165, 1.54) is 0 Å². The lowest BCUT2D eigenvalue weighted by atomic mass is 9.76. The fourth-order valence-electron chi connectivity index (χ4n) is 1.81. The van der Waals surface area contributed by atoms with E-state index in [1.807, 2.05) is 13.0 Å². The van der Waals surface area contributed by atoms with Gasteiger partial charge in [0.05, 0.1) is 0 Å². The van der Waals surface area contributed by atoms with Gasteiger partial charge >= 0.3 is 0 Å². The van der Waals surface area contributed by atoms with E-state index in [1.54, 1.807) is 0 Å². The number of nitrogens with zero attached hydrogens (tertiary/aromatic N) is 1. The summed E-state index contributed by atoms with van der Waals surface area (Å²) >= 11 is 0. The van der Waals surface area contributed by atoms with Crippen LogP contribution < -0.4 is 5.32 Å². The van der Waals surface area contributed by atoms with Crippen molar-refractivity contribution in [2.45, 2.75) is 33.6 Å². The van der Waals surface area contributed by atoms with Crippen LogP contribution in [0.5, 0.6) is 0 Å². The average molecular weight is 192 g/mol. The maximum Gasteiger partial charge on any atom is 0.175 e. The van der Waals surface area contributed by atoms with E-state index in [4.69, 9.17) is 5.26 Å². The Bertz CT molecular complexity index is 321. The van der Waals surface area contributed by atoms with Gasteiger partial charge < -0.3 is 5.32 Å². The summed E-state index contributed by atoms with van der Waals surface area (Å²) < 4.78 is 0. The molecule has 1 rings (SSSR count). The second-order valence-electron chi connectivity index (χ2n) is 4.44. The molecule has 0 aromatic heterocycles. The molecule has 1 N–H and O–H groups in total. The smallest absolute Gasteiger partial charge is 0.175 e. The van der Waals surface area contributed by atoms with Crippen LogP contribution in [-0.4, -0.2) is 12.3 Å². The number of hydrogen-bond acceptors (Lipinski definition) is 3. The van der Waals surface area contributed by atoms with Gasteiger partial charge in [0.25, 0.3) is 0 Å². The van der Waals surface area contributed by atoms with Gasteiger partial charge in [-0.1, -0.05) is 13.8 Å². The first-order valence-electron chi connectivity index (χ1n) is 4.90. The molecule has 1 aliphatic carbocycles. The summed E-state index contributed by atoms with van der Waals surface area (Å²) in [4.78, 5) is 11.6. The molecule has 0 saturated carbocycles. The molecule has 0 radical (unpaired) electrons. The molecule has 0 spiro atoms. The molecule has 14 heavy (non-hydrogen) atoms. The maximum absolute atomic E-state index is 11.6. The van der Waals surface area contributed by atoms with Crippen molar-refractivity contribution in [3.63, 3.8) is 0 Å². The van der Waals surface area contributed by atoms with E-state index in [9.17, 15) is 4.79 Å². The van der Waals surface area contributed by atoms with Crippen LogP contribution in [0, 0.1) is 16.7 Å². The van der Waals surface area contributed by atoms with Crippen LogP contribution in [0.1, 0.15) is 33.6 Å². The predicted molar refractivity (Wildman–Crippen MR) is 54.3 cm³/mol. The number of nitrogens with one attached hydrogen (secondary N) is 1. The third-order valence-corrected chi connectivity index (χ3v) is 2.38. The van der Waals surface area contributed by atoms with Gasteiger partial charge in [0.15, 0.2) is 5.78 Å². The third kappa shape index (κ3) is 2.14. The minimum atomic E-state index is -0.0281. The first kappa shape index (κ1) is 10.8. The number of nitriles is 1. The van der Waals surface area contributed by atoms with Gasteiger partial charge in [-0.25, -0.2) is 0 Å². The molecule has 0 atom stereocenters. The molecular formula is C11H16N2O. The first-order chi connectivity index (χ1) is 6.50. The Labute approximate surface area is 84.8 Å². The monoisotopic (exact) mass is 192 g/mol. The maximum atomic E-state index is 11.6. The van der Waals surface area contributed by atoms with Crippen LogP contribution in [0.2, 0.25) is 0 Å². The van der Waals surface area contributed by atoms with E-state index in [2.05, 4.69) is 19.2 Å². The number of carbonyl (C=O) groups is 1. The molecule has 0 heterocycles. The highest BCUT2D eigenvalue weighted by molar-refractivity contribution is 6.01. The highest BCUT2D eigenvalue weighted by Gasteiger charge is 2.32. The number of allylic oxidation sites excluding steroid dienone is 2. The van der Waals surface area contributed by atoms with Gasteiger partial charge in [-0.2, -0.15) is 5.26 Å². The lowest BCUT2D eigenvalue weighted by Crippen LogP contribution is -2.30. The van der Waals surface area contributed by atoms with Gasteiger partial charge in [0, 0.05) is 18.7 Å². The molecule has 0 saturated heterocycles. The SMILES string of the molecule is CCNC1=C(C#N)C(=O)CC(C)(C)C1. The molecule has 1 aliphatic rings. The largest absolute Gasteiger partial charge is 0.387 e. The van der Waals surface area contributed by atoms with Crippen molar-refractivity contribution in [1.82, 2.24) is 5.32 Å². The summed E-state index contributed by atoms with van der Waals surface area (Å²) in [5.74, 6) is -0.0281. The highest BCUT2D eigenvalue weighted by Crippen LogP contribution is 2.35. The Kier molecular flexibility index (Phi) is 2.95. The normalized spacial score (nSPS) is 20.6. The first-order valence-corrected chi connectivity index (χ1v) is 4.90. The fraction of sp³-hybridized carbons (Fsp3) is 0.636. The standard InChI is InChI=1S/C11H16N2O/c1-4-13-9-5-11(2,3)6-10(14)8(9)7-12/h13H,4-6H2,1-3H3. The van der Waals surface area contributed by atoms with E-state index in [-0.39, 0.29) is 11.2 Å². The molecule has 3 nitrogen and oxygen atoms in total. The van der Waals surface area contributed by atoms with Gasteiger partial charge in [-0.3, -0.25) is 4.79 Å². The van der Waals surface area contributed by atoms with Crippen LogP contribution in [0.3, 0.4) is 0 Å². The number of ketones is 1. The second kappa shape index (κ2) is 3.83. The lowest BCUT2D eigenvalue weighted by molar-refractivity contribution is -0.117. The van der Waals surface area contributed by atoms with E-state index in [0.29, 0.717) is 12.0 Å². The van der Waals surface area contributed by atoms with Crippen LogP contribution in [0.25, 0.3) is 0 Å². The van der Waals surface area contributed by atoms with Gasteiger partial charge in [0.2, 0.25) is 0 Å². The Morgan fingerprint density at radius 2 is 2.14 bits per heavy atom. The number of hydrogen-bond donors (Lipinski definition) is 1. The molecule has 3 heteroatoms. The molecule has 0 aromatic rings. The van der Waals surface area contributed by atoms with Crippen LogP contribution in [0.4, 0.5) is 0 Å². The van der Waals surface area contributed by atoms with Gasteiger partial charge in [-0.15, -0.1) is 0 Å². The number of rotatable bonds is 2. The zero-order chi connectivity index (χ0) is 10.8. The minimum absolute atomic E-state index is 0.0189. The third-order valence-electron chi connectivity index (χ3n) is 2.38. The molecule has 76 valence electrons. The van der Waals surface area contributed by atoms with E-state index in [0.717, 1.165) is 18.7 Å². The van der Waals surface area contributed by atoms with Gasteiger partial charge in [0.1, 0.15) is 11.6 Å². The summed E-state index contributed by atoms with van der Waals surface area (Å²) in [6, 6.07) is 1.99. The van der Waals surface area contributed by atoms with Crippen molar-refractivity contribution in [1.29, 1.82) is 5.26 Å². The summed E-state index contributed by atoms with van der Waals surface area (Å²) in [6.45, 7) is 6.82. The Morgan fingerprint density at radius 1 is 1.50 bits per heavy atom. The summed E-state index contributed by atoms with van der Waals surface area (Å²) in [7, 11) is 0. The van der Waals surface area contributed by atoms with Crippen molar-refractivity contribution in [3.8, 4) is 6.07 Å². The minimum Gasteiger partial charge on any atom is -0.387 e. The van der Waals surface area contributed by atoms with Crippen molar-refractivity contribution < 1.29 is 4.79 Å². The van der Waals surface area contributed by atoms with Gasteiger partial charge in [-0.05, 0) is 18.8 Å². The van der Waals surface area contributed by atoms with Crippen LogP contribution in [-0.2, 0) is 4.79 Å². The highest BCUT2D eigenvalue weighted by atomic mass is 16.1. The van der Waals surface area contributed by atoms with E-state index >= 15 is 0 Å². The van der Waals surface area contributed by atoms with E-state index < -0.39 is 0 Å². The lowest BCUT2D eigenvalue weighted by Gasteiger charge is -2.30. The predicted octanol–water partition coefficient (Wildman–Crippen LogP) is 1.76. The zero-order valence-electron chi connectivity index (χ0n) is 8.98. The second-order valence-corrected chi connectivity index (χ2v) is 4.44. The Morgan fingerprint density at radius 3 is 2.64 bits per heavy atom. The van der Waals surface area contributed by atoms with Crippen molar-refractivity contribution in [2.75, 3.05) is 6.54 Å². The molecule has 0 fully saturated rings. The van der Waals surface area contributed by atoms with Crippen molar-refractivity contribution >= 4 is 5.78 Å². The summed E-state index contributed by atoms with van der Waals surface area (Å²) in [5, 5.41) is 12.0. The number of carbonyl (C=O) groups excluding carboxylic acids is 1. The Balaban J connectivity index is 3.03. The van der Waals surface area contributed by atoms with Crippen molar-refractivity contribution in [2.24, 2.45) is 5.41 Å². The molecular weight excluding hydrogens is 176 g/mol. The molecule has 0 bridgehead atoms.